The van der Waals surface area contributed by atoms with E-state index in [1.54, 1.807) is 0 Å². The van der Waals surface area contributed by atoms with E-state index in [1.807, 2.05) is 32.0 Å². The van der Waals surface area contributed by atoms with Crippen LogP contribution in [-0.2, 0) is 0 Å². The molecule has 0 heterocycles. The highest BCUT2D eigenvalue weighted by molar-refractivity contribution is 5.32. The number of aliphatic hydroxyl groups is 1. The zero-order valence-corrected chi connectivity index (χ0v) is 10.9. The van der Waals surface area contributed by atoms with E-state index in [4.69, 9.17) is 0 Å². The standard InChI is InChI=1S/C15H20F2O/c1-10-3-4-11(2)13(7-10)14(18)8-12-5-6-15(16,17)9-12/h3-4,7,12,14,18H,5-6,8-9H2,1-2H3. The summed E-state index contributed by atoms with van der Waals surface area (Å²) >= 11 is 0. The van der Waals surface area contributed by atoms with Crippen LogP contribution in [0.5, 0.6) is 0 Å². The molecule has 2 atom stereocenters. The van der Waals surface area contributed by atoms with Crippen LogP contribution in [0.15, 0.2) is 18.2 Å². The van der Waals surface area contributed by atoms with Crippen LogP contribution in [0.2, 0.25) is 0 Å². The van der Waals surface area contributed by atoms with Crippen molar-refractivity contribution >= 4 is 0 Å². The molecular weight excluding hydrogens is 234 g/mol. The second-order valence-corrected chi connectivity index (χ2v) is 5.58. The van der Waals surface area contributed by atoms with Gasteiger partial charge < -0.3 is 5.11 Å². The summed E-state index contributed by atoms with van der Waals surface area (Å²) in [5.74, 6) is -2.58. The van der Waals surface area contributed by atoms with Gasteiger partial charge in [0.1, 0.15) is 0 Å². The molecule has 1 nitrogen and oxygen atoms in total. The van der Waals surface area contributed by atoms with Crippen LogP contribution in [0.3, 0.4) is 0 Å². The normalized spacial score (nSPS) is 24.2. The summed E-state index contributed by atoms with van der Waals surface area (Å²) in [4.78, 5) is 0. The third kappa shape index (κ3) is 3.08. The molecule has 0 saturated heterocycles. The van der Waals surface area contributed by atoms with Crippen molar-refractivity contribution in [1.82, 2.24) is 0 Å². The largest absolute Gasteiger partial charge is 0.388 e. The van der Waals surface area contributed by atoms with E-state index in [2.05, 4.69) is 0 Å². The van der Waals surface area contributed by atoms with Gasteiger partial charge in [-0.3, -0.25) is 0 Å². The fourth-order valence-corrected chi connectivity index (χ4v) is 2.80. The van der Waals surface area contributed by atoms with E-state index < -0.39 is 12.0 Å². The Kier molecular flexibility index (Phi) is 3.71. The lowest BCUT2D eigenvalue weighted by Crippen LogP contribution is -2.11. The van der Waals surface area contributed by atoms with Gasteiger partial charge in [-0.2, -0.15) is 0 Å². The number of benzene rings is 1. The number of rotatable bonds is 3. The first-order valence-corrected chi connectivity index (χ1v) is 6.50. The number of halogens is 2. The van der Waals surface area contributed by atoms with Crippen LogP contribution in [0, 0.1) is 19.8 Å². The average molecular weight is 254 g/mol. The lowest BCUT2D eigenvalue weighted by molar-refractivity contribution is 0.00253. The van der Waals surface area contributed by atoms with Gasteiger partial charge in [0.05, 0.1) is 6.10 Å². The highest BCUT2D eigenvalue weighted by Crippen LogP contribution is 2.42. The van der Waals surface area contributed by atoms with Crippen molar-refractivity contribution in [3.8, 4) is 0 Å². The number of aryl methyl sites for hydroxylation is 2. The Labute approximate surface area is 107 Å². The minimum Gasteiger partial charge on any atom is -0.388 e. The highest BCUT2D eigenvalue weighted by Gasteiger charge is 2.39. The third-order valence-electron chi connectivity index (χ3n) is 3.86. The molecule has 0 amide bonds. The van der Waals surface area contributed by atoms with Gasteiger partial charge >= 0.3 is 0 Å². The van der Waals surface area contributed by atoms with Gasteiger partial charge in [0.15, 0.2) is 0 Å². The molecule has 1 aliphatic carbocycles. The minimum atomic E-state index is -2.52. The molecule has 0 aromatic heterocycles. The smallest absolute Gasteiger partial charge is 0.248 e. The first-order chi connectivity index (χ1) is 8.37. The number of alkyl halides is 2. The first kappa shape index (κ1) is 13.5. The minimum absolute atomic E-state index is 0.0306. The molecule has 1 aromatic carbocycles. The molecule has 0 aliphatic heterocycles. The predicted octanol–water partition coefficient (Wildman–Crippen LogP) is 4.16. The summed E-state index contributed by atoms with van der Waals surface area (Å²) in [5, 5.41) is 10.2. The molecule has 18 heavy (non-hydrogen) atoms. The third-order valence-corrected chi connectivity index (χ3v) is 3.86. The molecule has 1 aromatic rings. The van der Waals surface area contributed by atoms with Crippen molar-refractivity contribution < 1.29 is 13.9 Å². The fraction of sp³-hybridized carbons (Fsp3) is 0.600. The molecule has 2 unspecified atom stereocenters. The van der Waals surface area contributed by atoms with Crippen LogP contribution < -0.4 is 0 Å². The SMILES string of the molecule is Cc1ccc(C)c(C(O)CC2CCC(F)(F)C2)c1. The molecule has 100 valence electrons. The van der Waals surface area contributed by atoms with Crippen LogP contribution >= 0.6 is 0 Å². The van der Waals surface area contributed by atoms with E-state index in [1.165, 1.54) is 0 Å². The molecule has 0 spiro atoms. The summed E-state index contributed by atoms with van der Waals surface area (Å²) in [5.41, 5.74) is 2.99. The van der Waals surface area contributed by atoms with Gasteiger partial charge in [0.25, 0.3) is 0 Å². The molecule has 1 aliphatic rings. The Morgan fingerprint density at radius 1 is 1.39 bits per heavy atom. The monoisotopic (exact) mass is 254 g/mol. The van der Waals surface area contributed by atoms with E-state index >= 15 is 0 Å². The van der Waals surface area contributed by atoms with Gasteiger partial charge in [-0.15, -0.1) is 0 Å². The summed E-state index contributed by atoms with van der Waals surface area (Å²) in [7, 11) is 0. The van der Waals surface area contributed by atoms with Crippen molar-refractivity contribution in [3.05, 3.63) is 34.9 Å². The maximum absolute atomic E-state index is 13.1. The van der Waals surface area contributed by atoms with E-state index in [0.29, 0.717) is 12.8 Å². The van der Waals surface area contributed by atoms with Gasteiger partial charge in [0, 0.05) is 12.8 Å². The number of hydrogen-bond acceptors (Lipinski definition) is 1. The van der Waals surface area contributed by atoms with Gasteiger partial charge in [0.2, 0.25) is 5.92 Å². The van der Waals surface area contributed by atoms with Crippen molar-refractivity contribution in [2.45, 2.75) is 51.6 Å². The predicted molar refractivity (Wildman–Crippen MR) is 67.8 cm³/mol. The first-order valence-electron chi connectivity index (χ1n) is 6.50. The zero-order chi connectivity index (χ0) is 13.3. The summed E-state index contributed by atoms with van der Waals surface area (Å²) in [6.07, 6.45) is 0.241. The molecular formula is C15H20F2O. The molecule has 2 rings (SSSR count). The Hall–Kier alpha value is -0.960. The summed E-state index contributed by atoms with van der Waals surface area (Å²) < 4.78 is 26.2. The van der Waals surface area contributed by atoms with Crippen LogP contribution in [0.25, 0.3) is 0 Å². The van der Waals surface area contributed by atoms with Crippen LogP contribution in [0.1, 0.15) is 48.5 Å². The molecule has 0 radical (unpaired) electrons. The molecule has 0 bridgehead atoms. The highest BCUT2D eigenvalue weighted by atomic mass is 19.3. The van der Waals surface area contributed by atoms with Crippen LogP contribution in [0.4, 0.5) is 8.78 Å². The lowest BCUT2D eigenvalue weighted by Gasteiger charge is -2.18. The van der Waals surface area contributed by atoms with Crippen LogP contribution in [-0.4, -0.2) is 11.0 Å². The quantitative estimate of drug-likeness (QED) is 0.858. The average Bonchev–Trinajstić information content (AvgIpc) is 2.61. The topological polar surface area (TPSA) is 20.2 Å². The van der Waals surface area contributed by atoms with Crippen molar-refractivity contribution in [2.24, 2.45) is 5.92 Å². The summed E-state index contributed by atoms with van der Waals surface area (Å²) in [6, 6.07) is 5.92. The molecule has 1 saturated carbocycles. The molecule has 3 heteroatoms. The second-order valence-electron chi connectivity index (χ2n) is 5.58. The zero-order valence-electron chi connectivity index (χ0n) is 10.9. The van der Waals surface area contributed by atoms with E-state index in [0.717, 1.165) is 16.7 Å². The maximum Gasteiger partial charge on any atom is 0.248 e. The van der Waals surface area contributed by atoms with Gasteiger partial charge in [-0.25, -0.2) is 8.78 Å². The van der Waals surface area contributed by atoms with Crippen molar-refractivity contribution in [3.63, 3.8) is 0 Å². The van der Waals surface area contributed by atoms with Crippen molar-refractivity contribution in [2.75, 3.05) is 0 Å². The van der Waals surface area contributed by atoms with E-state index in [-0.39, 0.29) is 18.8 Å². The maximum atomic E-state index is 13.1. The Morgan fingerprint density at radius 3 is 2.72 bits per heavy atom. The van der Waals surface area contributed by atoms with E-state index in [9.17, 15) is 13.9 Å². The van der Waals surface area contributed by atoms with Gasteiger partial charge in [-0.1, -0.05) is 23.8 Å². The molecule has 1 fully saturated rings. The number of hydrogen-bond donors (Lipinski definition) is 1. The lowest BCUT2D eigenvalue weighted by atomic mass is 9.92. The second kappa shape index (κ2) is 4.96. The molecule has 1 N–H and O–H groups in total. The summed E-state index contributed by atoms with van der Waals surface area (Å²) in [6.45, 7) is 3.92. The number of aliphatic hydroxyl groups excluding tert-OH is 1. The Morgan fingerprint density at radius 2 is 2.11 bits per heavy atom. The Balaban J connectivity index is 2.04. The van der Waals surface area contributed by atoms with Crippen molar-refractivity contribution in [1.29, 1.82) is 0 Å². The fourth-order valence-electron chi connectivity index (χ4n) is 2.80. The van der Waals surface area contributed by atoms with Gasteiger partial charge in [-0.05, 0) is 43.7 Å². The Bertz CT molecular complexity index is 429.